The summed E-state index contributed by atoms with van der Waals surface area (Å²) in [6.07, 6.45) is 0. The van der Waals surface area contributed by atoms with Crippen LogP contribution in [0.2, 0.25) is 0 Å². The standard InChI is InChI=1S/C14H17NO/c1-8-5-6-13(16)10(3)14(8)12-7-9(2)11(4)15-12/h5-7,15-16H,1-4H3. The van der Waals surface area contributed by atoms with Crippen LogP contribution >= 0.6 is 0 Å². The summed E-state index contributed by atoms with van der Waals surface area (Å²) in [5.74, 6) is 0.352. The summed E-state index contributed by atoms with van der Waals surface area (Å²) in [6.45, 7) is 8.16. The minimum Gasteiger partial charge on any atom is -0.508 e. The van der Waals surface area contributed by atoms with Crippen molar-refractivity contribution in [1.29, 1.82) is 0 Å². The second kappa shape index (κ2) is 3.71. The zero-order valence-electron chi connectivity index (χ0n) is 10.2. The van der Waals surface area contributed by atoms with E-state index in [9.17, 15) is 5.11 Å². The SMILES string of the molecule is Cc1cc(-c2c(C)ccc(O)c2C)[nH]c1C. The molecular formula is C14H17NO. The monoisotopic (exact) mass is 215 g/mol. The molecule has 0 saturated heterocycles. The number of aryl methyl sites for hydroxylation is 3. The number of hydrogen-bond acceptors (Lipinski definition) is 1. The molecular weight excluding hydrogens is 198 g/mol. The van der Waals surface area contributed by atoms with Crippen LogP contribution in [0.4, 0.5) is 0 Å². The average molecular weight is 215 g/mol. The number of aromatic hydroxyl groups is 1. The highest BCUT2D eigenvalue weighted by Crippen LogP contribution is 2.32. The van der Waals surface area contributed by atoms with E-state index in [0.717, 1.165) is 16.8 Å². The quantitative estimate of drug-likeness (QED) is 0.748. The van der Waals surface area contributed by atoms with Gasteiger partial charge in [-0.25, -0.2) is 0 Å². The number of phenols is 1. The molecule has 0 spiro atoms. The van der Waals surface area contributed by atoms with Crippen LogP contribution in [0.25, 0.3) is 11.3 Å². The molecule has 1 aromatic carbocycles. The third-order valence-electron chi connectivity index (χ3n) is 3.19. The summed E-state index contributed by atoms with van der Waals surface area (Å²) < 4.78 is 0. The first-order chi connectivity index (χ1) is 7.50. The van der Waals surface area contributed by atoms with E-state index >= 15 is 0 Å². The number of aromatic nitrogens is 1. The fraction of sp³-hybridized carbons (Fsp3) is 0.286. The Morgan fingerprint density at radius 3 is 2.25 bits per heavy atom. The predicted octanol–water partition coefficient (Wildman–Crippen LogP) is 3.62. The lowest BCUT2D eigenvalue weighted by Crippen LogP contribution is -1.89. The van der Waals surface area contributed by atoms with E-state index in [1.54, 1.807) is 6.07 Å². The molecule has 16 heavy (non-hydrogen) atoms. The summed E-state index contributed by atoms with van der Waals surface area (Å²) in [4.78, 5) is 3.36. The van der Waals surface area contributed by atoms with Crippen molar-refractivity contribution in [1.82, 2.24) is 4.98 Å². The largest absolute Gasteiger partial charge is 0.508 e. The van der Waals surface area contributed by atoms with Crippen molar-refractivity contribution < 1.29 is 5.11 Å². The fourth-order valence-corrected chi connectivity index (χ4v) is 2.05. The van der Waals surface area contributed by atoms with Gasteiger partial charge in [0.15, 0.2) is 0 Å². The molecule has 2 nitrogen and oxygen atoms in total. The van der Waals surface area contributed by atoms with Gasteiger partial charge in [0.05, 0.1) is 0 Å². The van der Waals surface area contributed by atoms with Gasteiger partial charge in [0.2, 0.25) is 0 Å². The number of H-pyrrole nitrogens is 1. The van der Waals surface area contributed by atoms with Gasteiger partial charge in [0, 0.05) is 22.5 Å². The molecule has 0 bridgehead atoms. The second-order valence-electron chi connectivity index (χ2n) is 4.39. The molecule has 2 N–H and O–H groups in total. The van der Waals surface area contributed by atoms with Crippen molar-refractivity contribution in [2.45, 2.75) is 27.7 Å². The average Bonchev–Trinajstić information content (AvgIpc) is 2.54. The van der Waals surface area contributed by atoms with E-state index in [2.05, 4.69) is 31.8 Å². The molecule has 0 atom stereocenters. The summed E-state index contributed by atoms with van der Waals surface area (Å²) in [6, 6.07) is 5.82. The lowest BCUT2D eigenvalue weighted by Gasteiger charge is -2.09. The maximum Gasteiger partial charge on any atom is 0.119 e. The Labute approximate surface area is 96.0 Å². The van der Waals surface area contributed by atoms with Crippen LogP contribution in [0, 0.1) is 27.7 Å². The van der Waals surface area contributed by atoms with Crippen LogP contribution in [0.15, 0.2) is 18.2 Å². The molecule has 2 aromatic rings. The Kier molecular flexibility index (Phi) is 2.50. The Balaban J connectivity index is 2.68. The van der Waals surface area contributed by atoms with Gasteiger partial charge in [-0.05, 0) is 51.0 Å². The van der Waals surface area contributed by atoms with E-state index < -0.39 is 0 Å². The molecule has 2 heteroatoms. The second-order valence-corrected chi connectivity index (χ2v) is 4.39. The molecule has 0 saturated carbocycles. The Morgan fingerprint density at radius 1 is 1.00 bits per heavy atom. The van der Waals surface area contributed by atoms with Crippen molar-refractivity contribution in [2.75, 3.05) is 0 Å². The van der Waals surface area contributed by atoms with Gasteiger partial charge in [0.25, 0.3) is 0 Å². The number of phenolic OH excluding ortho intramolecular Hbond substituents is 1. The Bertz CT molecular complexity index is 518. The lowest BCUT2D eigenvalue weighted by atomic mass is 9.99. The highest BCUT2D eigenvalue weighted by atomic mass is 16.3. The van der Waals surface area contributed by atoms with Gasteiger partial charge >= 0.3 is 0 Å². The molecule has 0 unspecified atom stereocenters. The van der Waals surface area contributed by atoms with Crippen molar-refractivity contribution in [3.8, 4) is 17.0 Å². The van der Waals surface area contributed by atoms with E-state index in [0.29, 0.717) is 5.75 Å². The molecule has 0 fully saturated rings. The predicted molar refractivity (Wildman–Crippen MR) is 66.8 cm³/mol. The number of nitrogens with one attached hydrogen (secondary N) is 1. The van der Waals surface area contributed by atoms with Gasteiger partial charge < -0.3 is 10.1 Å². The molecule has 84 valence electrons. The fourth-order valence-electron chi connectivity index (χ4n) is 2.05. The van der Waals surface area contributed by atoms with Crippen LogP contribution in [-0.4, -0.2) is 10.1 Å². The Hall–Kier alpha value is -1.70. The van der Waals surface area contributed by atoms with Crippen LogP contribution in [0.1, 0.15) is 22.4 Å². The summed E-state index contributed by atoms with van der Waals surface area (Å²) in [5, 5.41) is 9.75. The maximum atomic E-state index is 9.75. The first-order valence-electron chi connectivity index (χ1n) is 5.46. The Morgan fingerprint density at radius 2 is 1.69 bits per heavy atom. The van der Waals surface area contributed by atoms with Gasteiger partial charge in [0.1, 0.15) is 5.75 Å². The number of aromatic amines is 1. The van der Waals surface area contributed by atoms with Gasteiger partial charge in [-0.15, -0.1) is 0 Å². The van der Waals surface area contributed by atoms with E-state index in [4.69, 9.17) is 0 Å². The molecule has 2 rings (SSSR count). The lowest BCUT2D eigenvalue weighted by molar-refractivity contribution is 0.471. The maximum absolute atomic E-state index is 9.75. The van der Waals surface area contributed by atoms with Gasteiger partial charge in [-0.1, -0.05) is 6.07 Å². The highest BCUT2D eigenvalue weighted by molar-refractivity contribution is 5.71. The van der Waals surface area contributed by atoms with Gasteiger partial charge in [-0.3, -0.25) is 0 Å². The van der Waals surface area contributed by atoms with Crippen molar-refractivity contribution in [2.24, 2.45) is 0 Å². The molecule has 0 aliphatic heterocycles. The highest BCUT2D eigenvalue weighted by Gasteiger charge is 2.11. The molecule has 1 aromatic heterocycles. The van der Waals surface area contributed by atoms with Crippen molar-refractivity contribution in [3.63, 3.8) is 0 Å². The van der Waals surface area contributed by atoms with E-state index in [1.807, 2.05) is 13.0 Å². The third-order valence-corrected chi connectivity index (χ3v) is 3.19. The molecule has 0 radical (unpaired) electrons. The van der Waals surface area contributed by atoms with Crippen LogP contribution in [0.3, 0.4) is 0 Å². The van der Waals surface area contributed by atoms with Crippen LogP contribution < -0.4 is 0 Å². The number of benzene rings is 1. The van der Waals surface area contributed by atoms with Crippen molar-refractivity contribution in [3.05, 3.63) is 40.6 Å². The third kappa shape index (κ3) is 1.60. The molecule has 0 aliphatic carbocycles. The summed E-state index contributed by atoms with van der Waals surface area (Å²) in [7, 11) is 0. The molecule has 1 heterocycles. The summed E-state index contributed by atoms with van der Waals surface area (Å²) >= 11 is 0. The summed E-state index contributed by atoms with van der Waals surface area (Å²) in [5.41, 5.74) is 6.73. The van der Waals surface area contributed by atoms with Crippen LogP contribution in [0.5, 0.6) is 5.75 Å². The zero-order chi connectivity index (χ0) is 11.9. The minimum absolute atomic E-state index is 0.352. The number of rotatable bonds is 1. The number of hydrogen-bond donors (Lipinski definition) is 2. The van der Waals surface area contributed by atoms with E-state index in [-0.39, 0.29) is 0 Å². The smallest absolute Gasteiger partial charge is 0.119 e. The van der Waals surface area contributed by atoms with Crippen molar-refractivity contribution >= 4 is 0 Å². The molecule has 0 amide bonds. The minimum atomic E-state index is 0.352. The zero-order valence-corrected chi connectivity index (χ0v) is 10.2. The first kappa shape index (κ1) is 10.8. The van der Waals surface area contributed by atoms with Crippen LogP contribution in [-0.2, 0) is 0 Å². The van der Waals surface area contributed by atoms with E-state index in [1.165, 1.54) is 16.8 Å². The van der Waals surface area contributed by atoms with Gasteiger partial charge in [-0.2, -0.15) is 0 Å². The topological polar surface area (TPSA) is 36.0 Å². The molecule has 0 aliphatic rings. The first-order valence-corrected chi connectivity index (χ1v) is 5.46. The normalized spacial score (nSPS) is 10.8.